The molecule has 2 N–H and O–H groups in total. The van der Waals surface area contributed by atoms with Crippen LogP contribution in [0, 0.1) is 0 Å². The summed E-state index contributed by atoms with van der Waals surface area (Å²) in [5, 5.41) is 5.79. The zero-order valence-electron chi connectivity index (χ0n) is 16.7. The van der Waals surface area contributed by atoms with Crippen LogP contribution in [0.3, 0.4) is 0 Å². The van der Waals surface area contributed by atoms with E-state index in [1.807, 2.05) is 54.6 Å². The Morgan fingerprint density at radius 2 is 1.45 bits per heavy atom. The van der Waals surface area contributed by atoms with Crippen LogP contribution in [0.5, 0.6) is 17.2 Å². The van der Waals surface area contributed by atoms with E-state index in [9.17, 15) is 4.79 Å². The maximum Gasteiger partial charge on any atom is 0.319 e. The molecule has 0 aliphatic carbocycles. The molecule has 0 atom stereocenters. The van der Waals surface area contributed by atoms with Gasteiger partial charge in [-0.1, -0.05) is 48.5 Å². The Hall–Kier alpha value is -3.67. The van der Waals surface area contributed by atoms with Gasteiger partial charge in [0.1, 0.15) is 0 Å². The van der Waals surface area contributed by atoms with Crippen LogP contribution in [0.2, 0.25) is 0 Å². The molecule has 0 aliphatic heterocycles. The van der Waals surface area contributed by atoms with Crippen LogP contribution >= 0.6 is 0 Å². The van der Waals surface area contributed by atoms with Gasteiger partial charge in [0.25, 0.3) is 0 Å². The second-order valence-corrected chi connectivity index (χ2v) is 6.25. The van der Waals surface area contributed by atoms with E-state index in [2.05, 4.69) is 10.6 Å². The van der Waals surface area contributed by atoms with Crippen molar-refractivity contribution in [2.75, 3.05) is 26.6 Å². The molecule has 0 bridgehead atoms. The summed E-state index contributed by atoms with van der Waals surface area (Å²) in [5.74, 6) is 1.59. The number of para-hydroxylation sites is 1. The van der Waals surface area contributed by atoms with Crippen LogP contribution in [0.1, 0.15) is 5.56 Å². The highest BCUT2D eigenvalue weighted by atomic mass is 16.5. The Bertz CT molecular complexity index is 949. The highest BCUT2D eigenvalue weighted by Crippen LogP contribution is 2.38. The largest absolute Gasteiger partial charge is 0.493 e. The highest BCUT2D eigenvalue weighted by molar-refractivity contribution is 5.94. The standard InChI is InChI=1S/C23H24N2O4/c1-27-20-13-16(14-21(28-2)22(20)29-3)15-24-23(26)25-19-12-8-7-11-18(19)17-9-5-4-6-10-17/h4-14H,15H2,1-3H3,(H2,24,25,26). The number of urea groups is 1. The second-order valence-electron chi connectivity index (χ2n) is 6.25. The first-order valence-corrected chi connectivity index (χ1v) is 9.14. The summed E-state index contributed by atoms with van der Waals surface area (Å²) in [5.41, 5.74) is 3.55. The Labute approximate surface area is 170 Å². The molecule has 3 aromatic carbocycles. The van der Waals surface area contributed by atoms with Gasteiger partial charge in [-0.25, -0.2) is 4.79 Å². The smallest absolute Gasteiger partial charge is 0.319 e. The molecular weight excluding hydrogens is 368 g/mol. The second kappa shape index (κ2) is 9.50. The lowest BCUT2D eigenvalue weighted by atomic mass is 10.0. The summed E-state index contributed by atoms with van der Waals surface area (Å²) in [6.45, 7) is 0.302. The Morgan fingerprint density at radius 1 is 0.828 bits per heavy atom. The number of amides is 2. The summed E-state index contributed by atoms with van der Waals surface area (Å²) in [4.78, 5) is 12.5. The van der Waals surface area contributed by atoms with E-state index in [0.29, 0.717) is 23.8 Å². The highest BCUT2D eigenvalue weighted by Gasteiger charge is 2.14. The van der Waals surface area contributed by atoms with Crippen molar-refractivity contribution in [3.8, 4) is 28.4 Å². The summed E-state index contributed by atoms with van der Waals surface area (Å²) < 4.78 is 16.0. The van der Waals surface area contributed by atoms with Crippen molar-refractivity contribution in [3.05, 3.63) is 72.3 Å². The van der Waals surface area contributed by atoms with Crippen molar-refractivity contribution < 1.29 is 19.0 Å². The van der Waals surface area contributed by atoms with Gasteiger partial charge in [-0.2, -0.15) is 0 Å². The monoisotopic (exact) mass is 392 g/mol. The van der Waals surface area contributed by atoms with Crippen molar-refractivity contribution in [1.82, 2.24) is 5.32 Å². The van der Waals surface area contributed by atoms with Crippen LogP contribution < -0.4 is 24.8 Å². The van der Waals surface area contributed by atoms with Crippen LogP contribution in [-0.2, 0) is 6.54 Å². The van der Waals surface area contributed by atoms with Gasteiger partial charge < -0.3 is 24.8 Å². The minimum absolute atomic E-state index is 0.302. The molecule has 0 radical (unpaired) electrons. The topological polar surface area (TPSA) is 68.8 Å². The first-order valence-electron chi connectivity index (χ1n) is 9.14. The Kier molecular flexibility index (Phi) is 6.58. The molecule has 6 nitrogen and oxygen atoms in total. The fourth-order valence-electron chi connectivity index (χ4n) is 3.05. The van der Waals surface area contributed by atoms with E-state index < -0.39 is 0 Å². The molecule has 6 heteroatoms. The van der Waals surface area contributed by atoms with Crippen LogP contribution in [-0.4, -0.2) is 27.4 Å². The number of ether oxygens (including phenoxy) is 3. The molecule has 0 aromatic heterocycles. The predicted octanol–water partition coefficient (Wildman–Crippen LogP) is 4.70. The number of benzene rings is 3. The summed E-state index contributed by atoms with van der Waals surface area (Å²) in [7, 11) is 4.67. The van der Waals surface area contributed by atoms with Crippen molar-refractivity contribution >= 4 is 11.7 Å². The lowest BCUT2D eigenvalue weighted by Crippen LogP contribution is -2.28. The number of anilines is 1. The summed E-state index contributed by atoms with van der Waals surface area (Å²) in [6.07, 6.45) is 0. The number of rotatable bonds is 7. The van der Waals surface area contributed by atoms with Gasteiger partial charge in [-0.05, 0) is 29.3 Å². The average molecular weight is 392 g/mol. The molecule has 0 saturated heterocycles. The summed E-state index contributed by atoms with van der Waals surface area (Å²) in [6, 6.07) is 20.9. The van der Waals surface area contributed by atoms with Gasteiger partial charge in [0.2, 0.25) is 5.75 Å². The van der Waals surface area contributed by atoms with E-state index in [-0.39, 0.29) is 6.03 Å². The quantitative estimate of drug-likeness (QED) is 0.611. The van der Waals surface area contributed by atoms with Gasteiger partial charge in [0.05, 0.1) is 27.0 Å². The van der Waals surface area contributed by atoms with Gasteiger partial charge >= 0.3 is 6.03 Å². The maximum atomic E-state index is 12.5. The fraction of sp³-hybridized carbons (Fsp3) is 0.174. The number of hydrogen-bond donors (Lipinski definition) is 2. The molecule has 29 heavy (non-hydrogen) atoms. The zero-order chi connectivity index (χ0) is 20.6. The molecule has 2 amide bonds. The molecule has 0 saturated carbocycles. The first-order chi connectivity index (χ1) is 14.2. The summed E-state index contributed by atoms with van der Waals surface area (Å²) >= 11 is 0. The molecule has 3 aromatic rings. The molecular formula is C23H24N2O4. The number of carbonyl (C=O) groups excluding carboxylic acids is 1. The lowest BCUT2D eigenvalue weighted by molar-refractivity contribution is 0.251. The molecule has 150 valence electrons. The maximum absolute atomic E-state index is 12.5. The van der Waals surface area contributed by atoms with Crippen molar-refractivity contribution in [3.63, 3.8) is 0 Å². The third-order valence-electron chi connectivity index (χ3n) is 4.44. The van der Waals surface area contributed by atoms with Crippen LogP contribution in [0.15, 0.2) is 66.7 Å². The number of methoxy groups -OCH3 is 3. The van der Waals surface area contributed by atoms with Gasteiger partial charge in [-0.3, -0.25) is 0 Å². The average Bonchev–Trinajstić information content (AvgIpc) is 2.77. The molecule has 0 heterocycles. The third-order valence-corrected chi connectivity index (χ3v) is 4.44. The van der Waals surface area contributed by atoms with Crippen LogP contribution in [0.25, 0.3) is 11.1 Å². The Balaban J connectivity index is 1.72. The van der Waals surface area contributed by atoms with E-state index >= 15 is 0 Å². The van der Waals surface area contributed by atoms with E-state index in [1.165, 1.54) is 0 Å². The molecule has 0 aliphatic rings. The molecule has 0 unspecified atom stereocenters. The molecule has 0 spiro atoms. The normalized spacial score (nSPS) is 10.2. The van der Waals surface area contributed by atoms with E-state index in [1.54, 1.807) is 33.5 Å². The Morgan fingerprint density at radius 3 is 2.07 bits per heavy atom. The fourth-order valence-corrected chi connectivity index (χ4v) is 3.05. The number of hydrogen-bond acceptors (Lipinski definition) is 4. The van der Waals surface area contributed by atoms with Gasteiger partial charge in [0.15, 0.2) is 11.5 Å². The lowest BCUT2D eigenvalue weighted by Gasteiger charge is -2.15. The predicted molar refractivity (Wildman–Crippen MR) is 114 cm³/mol. The molecule has 0 fully saturated rings. The first kappa shape index (κ1) is 20.1. The van der Waals surface area contributed by atoms with Gasteiger partial charge in [-0.15, -0.1) is 0 Å². The third kappa shape index (κ3) is 4.79. The van der Waals surface area contributed by atoms with Crippen molar-refractivity contribution in [2.45, 2.75) is 6.54 Å². The minimum Gasteiger partial charge on any atom is -0.493 e. The number of nitrogens with one attached hydrogen (secondary N) is 2. The van der Waals surface area contributed by atoms with Crippen LogP contribution in [0.4, 0.5) is 10.5 Å². The molecule has 3 rings (SSSR count). The SMILES string of the molecule is COc1cc(CNC(=O)Nc2ccccc2-c2ccccc2)cc(OC)c1OC. The van der Waals surface area contributed by atoms with E-state index in [0.717, 1.165) is 22.4 Å². The minimum atomic E-state index is -0.304. The van der Waals surface area contributed by atoms with Crippen molar-refractivity contribution in [1.29, 1.82) is 0 Å². The van der Waals surface area contributed by atoms with Crippen molar-refractivity contribution in [2.24, 2.45) is 0 Å². The van der Waals surface area contributed by atoms with E-state index in [4.69, 9.17) is 14.2 Å². The van der Waals surface area contributed by atoms with Gasteiger partial charge in [0, 0.05) is 12.1 Å². The zero-order valence-corrected chi connectivity index (χ0v) is 16.7. The number of carbonyl (C=O) groups is 1.